The van der Waals surface area contributed by atoms with Crippen LogP contribution in [0.3, 0.4) is 0 Å². The van der Waals surface area contributed by atoms with Gasteiger partial charge in [0.1, 0.15) is 5.16 Å². The summed E-state index contributed by atoms with van der Waals surface area (Å²) in [5, 5.41) is 26.3. The van der Waals surface area contributed by atoms with Gasteiger partial charge >= 0.3 is 13.6 Å². The Morgan fingerprint density at radius 1 is 1.11 bits per heavy atom. The van der Waals surface area contributed by atoms with E-state index in [1.807, 2.05) is 0 Å². The average molecular weight is 304 g/mol. The summed E-state index contributed by atoms with van der Waals surface area (Å²) >= 11 is 0. The predicted molar refractivity (Wildman–Crippen MR) is 58.2 cm³/mol. The normalized spacial score (nSPS) is 13.4. The summed E-state index contributed by atoms with van der Waals surface area (Å²) in [5.41, 5.74) is 0. The molecule has 0 spiro atoms. The van der Waals surface area contributed by atoms with Gasteiger partial charge in [-0.05, 0) is 6.42 Å². The molecule has 0 rings (SSSR count). The van der Waals surface area contributed by atoms with E-state index in [-0.39, 0.29) is 12.3 Å². The molecular formula is C7H17N2O9P. The lowest BCUT2D eigenvalue weighted by Crippen LogP contribution is -2.51. The number of rotatable bonds is 7. The Bertz CT molecular complexity index is 392. The minimum absolute atomic E-state index is 0. The van der Waals surface area contributed by atoms with Crippen LogP contribution in [0.4, 0.5) is 0 Å². The Morgan fingerprint density at radius 2 is 1.53 bits per heavy atom. The zero-order valence-corrected chi connectivity index (χ0v) is 11.3. The predicted octanol–water partition coefficient (Wildman–Crippen LogP) is -2.59. The summed E-state index contributed by atoms with van der Waals surface area (Å²) in [4.78, 5) is 49.0. The van der Waals surface area contributed by atoms with E-state index in [2.05, 4.69) is 0 Å². The Kier molecular flexibility index (Phi) is 9.31. The van der Waals surface area contributed by atoms with Crippen molar-refractivity contribution in [2.45, 2.75) is 24.4 Å². The second kappa shape index (κ2) is 7.81. The molecule has 0 aliphatic carbocycles. The number of carbonyl (C=O) groups excluding carboxylic acids is 2. The monoisotopic (exact) mass is 304 g/mol. The molecule has 0 amide bonds. The van der Waals surface area contributed by atoms with Crippen LogP contribution in [0.25, 0.3) is 0 Å². The second-order valence-corrected chi connectivity index (χ2v) is 5.25. The number of carboxylic acids is 3. The van der Waals surface area contributed by atoms with Crippen molar-refractivity contribution in [1.82, 2.24) is 12.3 Å². The number of carbonyl (C=O) groups is 3. The SMILES string of the molecule is O=C([O-])CC(CCC(=O)O)(C(=O)[O-])P(=O)(O)O.[NH4+].[NH4+]. The zero-order valence-electron chi connectivity index (χ0n) is 10.4. The molecule has 0 aromatic carbocycles. The van der Waals surface area contributed by atoms with Crippen LogP contribution in [0.2, 0.25) is 0 Å². The first-order valence-corrected chi connectivity index (χ1v) is 5.83. The summed E-state index contributed by atoms with van der Waals surface area (Å²) in [7, 11) is -5.42. The Morgan fingerprint density at radius 3 is 1.74 bits per heavy atom. The van der Waals surface area contributed by atoms with Crippen LogP contribution in [0.5, 0.6) is 0 Å². The van der Waals surface area contributed by atoms with Gasteiger partial charge in [-0.2, -0.15) is 0 Å². The highest BCUT2D eigenvalue weighted by molar-refractivity contribution is 7.54. The van der Waals surface area contributed by atoms with E-state index in [1.165, 1.54) is 0 Å². The van der Waals surface area contributed by atoms with E-state index in [0.29, 0.717) is 0 Å². The van der Waals surface area contributed by atoms with Crippen molar-refractivity contribution in [3.05, 3.63) is 0 Å². The molecule has 0 fully saturated rings. The van der Waals surface area contributed by atoms with Crippen LogP contribution in [0.15, 0.2) is 0 Å². The number of carboxylic acid groups (broad SMARTS) is 3. The Balaban J connectivity index is -0.00000128. The molecule has 12 heteroatoms. The summed E-state index contributed by atoms with van der Waals surface area (Å²) < 4.78 is 11.0. The molecule has 0 aromatic heterocycles. The molecule has 0 aromatic rings. The van der Waals surface area contributed by atoms with Crippen LogP contribution in [-0.4, -0.2) is 38.0 Å². The molecule has 0 saturated carbocycles. The zero-order chi connectivity index (χ0) is 13.9. The van der Waals surface area contributed by atoms with Gasteiger partial charge in [0.15, 0.2) is 0 Å². The maximum atomic E-state index is 11.0. The Hall–Kier alpha value is -1.52. The standard InChI is InChI=1S/C7H11O9P.2H3N/c8-4(9)1-2-7(6(12)13,3-5(10)11)17(14,15)16;;/h1-3H2,(H,8,9)(H,10,11)(H,12,13)(H2,14,15,16);2*1H3. The van der Waals surface area contributed by atoms with E-state index in [9.17, 15) is 29.2 Å². The van der Waals surface area contributed by atoms with Gasteiger partial charge in [-0.3, -0.25) is 9.36 Å². The smallest absolute Gasteiger partial charge is 0.337 e. The van der Waals surface area contributed by atoms with Gasteiger partial charge in [-0.15, -0.1) is 0 Å². The highest BCUT2D eigenvalue weighted by Gasteiger charge is 2.48. The van der Waals surface area contributed by atoms with Crippen molar-refractivity contribution >= 4 is 25.5 Å². The van der Waals surface area contributed by atoms with Gasteiger partial charge in [0.25, 0.3) is 0 Å². The molecule has 19 heavy (non-hydrogen) atoms. The second-order valence-electron chi connectivity index (χ2n) is 3.31. The van der Waals surface area contributed by atoms with Gasteiger partial charge in [-0.25, -0.2) is 0 Å². The molecule has 11 nitrogen and oxygen atoms in total. The molecule has 0 saturated heterocycles. The first-order chi connectivity index (χ1) is 7.53. The minimum atomic E-state index is -5.42. The van der Waals surface area contributed by atoms with Crippen molar-refractivity contribution in [3.8, 4) is 0 Å². The molecule has 1 unspecified atom stereocenters. The van der Waals surface area contributed by atoms with Crippen molar-refractivity contribution in [1.29, 1.82) is 0 Å². The number of quaternary nitrogens is 2. The molecule has 0 radical (unpaired) electrons. The van der Waals surface area contributed by atoms with Crippen molar-refractivity contribution < 1.29 is 44.1 Å². The van der Waals surface area contributed by atoms with Gasteiger partial charge in [-0.1, -0.05) is 0 Å². The first kappa shape index (κ1) is 22.6. The van der Waals surface area contributed by atoms with Crippen LogP contribution < -0.4 is 22.5 Å². The summed E-state index contributed by atoms with van der Waals surface area (Å²) in [6.07, 6.45) is -3.51. The molecule has 114 valence electrons. The number of hydrogen-bond acceptors (Lipinski definition) is 6. The third kappa shape index (κ3) is 5.77. The molecule has 0 heterocycles. The lowest BCUT2D eigenvalue weighted by Gasteiger charge is -2.35. The third-order valence-electron chi connectivity index (χ3n) is 2.13. The molecule has 0 bridgehead atoms. The summed E-state index contributed by atoms with van der Waals surface area (Å²) in [5.74, 6) is -5.87. The molecule has 0 aliphatic rings. The maximum Gasteiger partial charge on any atom is 0.337 e. The molecular weight excluding hydrogens is 287 g/mol. The quantitative estimate of drug-likeness (QED) is 0.309. The van der Waals surface area contributed by atoms with Gasteiger partial charge in [0.2, 0.25) is 0 Å². The maximum absolute atomic E-state index is 11.0. The highest BCUT2D eigenvalue weighted by Crippen LogP contribution is 2.54. The van der Waals surface area contributed by atoms with E-state index >= 15 is 0 Å². The lowest BCUT2D eigenvalue weighted by molar-refractivity contribution is -0.319. The Labute approximate surface area is 107 Å². The largest absolute Gasteiger partial charge is 0.550 e. The van der Waals surface area contributed by atoms with Crippen LogP contribution >= 0.6 is 7.60 Å². The fraction of sp³-hybridized carbons (Fsp3) is 0.571. The molecule has 1 atom stereocenters. The van der Waals surface area contributed by atoms with Crippen LogP contribution in [-0.2, 0) is 18.9 Å². The van der Waals surface area contributed by atoms with Crippen molar-refractivity contribution in [2.75, 3.05) is 0 Å². The van der Waals surface area contributed by atoms with Crippen LogP contribution in [0.1, 0.15) is 19.3 Å². The topological polar surface area (TPSA) is 248 Å². The van der Waals surface area contributed by atoms with Gasteiger partial charge < -0.3 is 47.0 Å². The fourth-order valence-electron chi connectivity index (χ4n) is 1.18. The first-order valence-electron chi connectivity index (χ1n) is 4.21. The van der Waals surface area contributed by atoms with E-state index < -0.39 is 49.9 Å². The summed E-state index contributed by atoms with van der Waals surface area (Å²) in [6, 6.07) is 0. The van der Waals surface area contributed by atoms with E-state index in [1.54, 1.807) is 0 Å². The third-order valence-corrected chi connectivity index (χ3v) is 3.81. The van der Waals surface area contributed by atoms with E-state index in [0.717, 1.165) is 0 Å². The number of aliphatic carboxylic acids is 3. The minimum Gasteiger partial charge on any atom is -0.550 e. The lowest BCUT2D eigenvalue weighted by atomic mass is 9.98. The molecule has 11 N–H and O–H groups in total. The number of hydrogen-bond donors (Lipinski definition) is 5. The van der Waals surface area contributed by atoms with Gasteiger partial charge in [0.05, 0.1) is 5.97 Å². The highest BCUT2D eigenvalue weighted by atomic mass is 31.2. The summed E-state index contributed by atoms with van der Waals surface area (Å²) in [6.45, 7) is 0. The van der Waals surface area contributed by atoms with Crippen molar-refractivity contribution in [3.63, 3.8) is 0 Å². The van der Waals surface area contributed by atoms with Crippen LogP contribution in [0, 0.1) is 0 Å². The fourth-order valence-corrected chi connectivity index (χ4v) is 2.16. The molecule has 0 aliphatic heterocycles. The average Bonchev–Trinajstić information content (AvgIpc) is 2.08. The van der Waals surface area contributed by atoms with Crippen molar-refractivity contribution in [2.24, 2.45) is 0 Å². The van der Waals surface area contributed by atoms with Gasteiger partial charge in [0, 0.05) is 18.8 Å². The van der Waals surface area contributed by atoms with E-state index in [4.69, 9.17) is 14.9 Å².